The number of carbonyl (C=O) groups excluding carboxylic acids is 1. The molecule has 2 fully saturated rings. The predicted molar refractivity (Wildman–Crippen MR) is 162 cm³/mol. The summed E-state index contributed by atoms with van der Waals surface area (Å²) in [5.74, 6) is 7.31. The molecule has 212 valence electrons. The van der Waals surface area contributed by atoms with Crippen molar-refractivity contribution in [3.05, 3.63) is 77.6 Å². The third-order valence-corrected chi connectivity index (χ3v) is 8.36. The highest BCUT2D eigenvalue weighted by atomic mass is 32.1. The molecule has 2 aliphatic rings. The topological polar surface area (TPSA) is 106 Å². The average Bonchev–Trinajstić information content (AvgIpc) is 3.76. The van der Waals surface area contributed by atoms with Gasteiger partial charge < -0.3 is 19.7 Å². The van der Waals surface area contributed by atoms with E-state index in [1.807, 2.05) is 41.2 Å². The van der Waals surface area contributed by atoms with E-state index in [-0.39, 0.29) is 18.2 Å². The van der Waals surface area contributed by atoms with Crippen LogP contribution in [0.15, 0.2) is 67.1 Å². The smallest absolute Gasteiger partial charge is 0.410 e. The number of nitrogens with zero attached hydrogens (tertiary/aromatic N) is 5. The highest BCUT2D eigenvalue weighted by molar-refractivity contribution is 7.19. The van der Waals surface area contributed by atoms with E-state index in [1.165, 1.54) is 16.9 Å². The molecule has 2 aromatic carbocycles. The number of fused-ring (bicyclic) bond motifs is 2. The Morgan fingerprint density at radius 1 is 1.14 bits per heavy atom. The van der Waals surface area contributed by atoms with E-state index < -0.39 is 0 Å². The number of benzene rings is 2. The number of anilines is 2. The maximum Gasteiger partial charge on any atom is 0.410 e. The van der Waals surface area contributed by atoms with Gasteiger partial charge in [-0.25, -0.2) is 14.8 Å². The Morgan fingerprint density at radius 2 is 2.02 bits per heavy atom. The van der Waals surface area contributed by atoms with Crippen LogP contribution in [0, 0.1) is 11.8 Å². The van der Waals surface area contributed by atoms with Gasteiger partial charge in [0.05, 0.1) is 47.8 Å². The summed E-state index contributed by atoms with van der Waals surface area (Å²) < 4.78 is 13.0. The molecule has 2 atom stereocenters. The first kappa shape index (κ1) is 26.4. The number of ether oxygens (including phenoxy) is 2. The average molecular weight is 580 g/mol. The van der Waals surface area contributed by atoms with Gasteiger partial charge in [-0.05, 0) is 29.8 Å². The van der Waals surface area contributed by atoms with Crippen LogP contribution < -0.4 is 10.6 Å². The maximum atomic E-state index is 12.4. The van der Waals surface area contributed by atoms with E-state index in [1.54, 1.807) is 11.2 Å². The van der Waals surface area contributed by atoms with Crippen molar-refractivity contribution >= 4 is 50.1 Å². The van der Waals surface area contributed by atoms with Crippen LogP contribution in [0.5, 0.6) is 0 Å². The fraction of sp³-hybridized carbons (Fsp3) is 0.290. The van der Waals surface area contributed by atoms with E-state index in [9.17, 15) is 4.79 Å². The first-order chi connectivity index (χ1) is 20.7. The molecule has 11 heteroatoms. The van der Waals surface area contributed by atoms with Gasteiger partial charge in [0, 0.05) is 37.1 Å². The number of amides is 1. The molecule has 5 heterocycles. The van der Waals surface area contributed by atoms with Crippen molar-refractivity contribution in [3.8, 4) is 11.8 Å². The number of aromatic nitrogens is 4. The van der Waals surface area contributed by atoms with Crippen molar-refractivity contribution < 1.29 is 14.3 Å². The lowest BCUT2D eigenvalue weighted by Crippen LogP contribution is -2.42. The molecule has 0 aliphatic carbocycles. The van der Waals surface area contributed by atoms with Gasteiger partial charge in [-0.3, -0.25) is 10.00 Å². The van der Waals surface area contributed by atoms with Crippen molar-refractivity contribution in [2.24, 2.45) is 0 Å². The van der Waals surface area contributed by atoms with E-state index in [0.717, 1.165) is 44.0 Å². The second-order valence-electron chi connectivity index (χ2n) is 10.3. The number of hydrogen-bond acceptors (Lipinski definition) is 9. The molecule has 0 spiro atoms. The van der Waals surface area contributed by atoms with Crippen molar-refractivity contribution in [1.29, 1.82) is 0 Å². The number of hydrogen-bond donors (Lipinski definition) is 2. The molecule has 2 saturated heterocycles. The molecule has 5 aromatic rings. The summed E-state index contributed by atoms with van der Waals surface area (Å²) in [6.45, 7) is 3.57. The van der Waals surface area contributed by atoms with Crippen LogP contribution in [-0.2, 0) is 16.0 Å². The molecule has 2 N–H and O–H groups in total. The number of thiophene rings is 1. The van der Waals surface area contributed by atoms with Gasteiger partial charge in [0.15, 0.2) is 0 Å². The second-order valence-corrected chi connectivity index (χ2v) is 11.3. The van der Waals surface area contributed by atoms with Gasteiger partial charge in [-0.2, -0.15) is 5.10 Å². The Bertz CT molecular complexity index is 1790. The third kappa shape index (κ3) is 5.78. The van der Waals surface area contributed by atoms with Crippen LogP contribution in [0.3, 0.4) is 0 Å². The Labute approximate surface area is 246 Å². The zero-order valence-electron chi connectivity index (χ0n) is 22.8. The Kier molecular flexibility index (Phi) is 7.40. The van der Waals surface area contributed by atoms with Gasteiger partial charge in [0.2, 0.25) is 0 Å². The van der Waals surface area contributed by atoms with Crippen molar-refractivity contribution in [1.82, 2.24) is 30.0 Å². The third-order valence-electron chi connectivity index (χ3n) is 7.41. The quantitative estimate of drug-likeness (QED) is 0.296. The van der Waals surface area contributed by atoms with E-state index in [2.05, 4.69) is 61.8 Å². The lowest BCUT2D eigenvalue weighted by atomic mass is 10.2. The first-order valence-corrected chi connectivity index (χ1v) is 14.8. The lowest BCUT2D eigenvalue weighted by Gasteiger charge is -2.27. The van der Waals surface area contributed by atoms with Gasteiger partial charge >= 0.3 is 6.09 Å². The summed E-state index contributed by atoms with van der Waals surface area (Å²) in [4.78, 5) is 24.8. The minimum absolute atomic E-state index is 0.0454. The Balaban J connectivity index is 1.02. The van der Waals surface area contributed by atoms with Crippen LogP contribution in [-0.4, -0.2) is 75.7 Å². The summed E-state index contributed by atoms with van der Waals surface area (Å²) >= 11 is 1.53. The van der Waals surface area contributed by atoms with Crippen LogP contribution in [0.25, 0.3) is 21.1 Å². The molecule has 0 bridgehead atoms. The molecule has 42 heavy (non-hydrogen) atoms. The summed E-state index contributed by atoms with van der Waals surface area (Å²) in [6, 6.07) is 18.5. The van der Waals surface area contributed by atoms with Gasteiger partial charge in [0.1, 0.15) is 23.1 Å². The van der Waals surface area contributed by atoms with Crippen molar-refractivity contribution in [2.45, 2.75) is 25.1 Å². The van der Waals surface area contributed by atoms with E-state index >= 15 is 0 Å². The molecule has 2 aliphatic heterocycles. The predicted octanol–water partition coefficient (Wildman–Crippen LogP) is 4.38. The van der Waals surface area contributed by atoms with Gasteiger partial charge in [0.25, 0.3) is 0 Å². The summed E-state index contributed by atoms with van der Waals surface area (Å²) in [7, 11) is 0. The molecule has 10 nitrogen and oxygen atoms in total. The Hall–Kier alpha value is -4.50. The normalized spacial score (nSPS) is 18.6. The highest BCUT2D eigenvalue weighted by Crippen LogP contribution is 2.30. The van der Waals surface area contributed by atoms with Gasteiger partial charge in [-0.1, -0.05) is 42.2 Å². The van der Waals surface area contributed by atoms with Crippen LogP contribution >= 0.6 is 11.3 Å². The molecule has 0 radical (unpaired) electrons. The maximum absolute atomic E-state index is 12.4. The van der Waals surface area contributed by atoms with E-state index in [4.69, 9.17) is 9.47 Å². The van der Waals surface area contributed by atoms with E-state index in [0.29, 0.717) is 39.3 Å². The number of rotatable bonds is 5. The lowest BCUT2D eigenvalue weighted by molar-refractivity contribution is 0.0156. The fourth-order valence-corrected chi connectivity index (χ4v) is 6.09. The molecule has 7 rings (SSSR count). The monoisotopic (exact) mass is 579 g/mol. The van der Waals surface area contributed by atoms with Crippen LogP contribution in [0.1, 0.15) is 16.9 Å². The minimum Gasteiger partial charge on any atom is -0.445 e. The molecule has 2 unspecified atom stereocenters. The van der Waals surface area contributed by atoms with Gasteiger partial charge in [-0.15, -0.1) is 11.3 Å². The highest BCUT2D eigenvalue weighted by Gasteiger charge is 2.28. The van der Waals surface area contributed by atoms with Crippen LogP contribution in [0.4, 0.5) is 16.3 Å². The zero-order valence-corrected chi connectivity index (χ0v) is 23.6. The summed E-state index contributed by atoms with van der Waals surface area (Å²) in [5, 5.41) is 13.4. The summed E-state index contributed by atoms with van der Waals surface area (Å²) in [5.41, 5.74) is 3.21. The molecular weight excluding hydrogens is 550 g/mol. The number of carbonyl (C=O) groups is 1. The SMILES string of the molecule is O=C(OC1CNC(C#Cc2cc3c(Nc4ccc5c(cnn5Cc5ccccc5)c4)ncnc3s2)C1)N1CCOCC1. The second kappa shape index (κ2) is 11.8. The van der Waals surface area contributed by atoms with Crippen molar-refractivity contribution in [2.75, 3.05) is 38.2 Å². The van der Waals surface area contributed by atoms with Crippen LogP contribution in [0.2, 0.25) is 0 Å². The Morgan fingerprint density at radius 3 is 2.90 bits per heavy atom. The number of morpholine rings is 1. The fourth-order valence-electron chi connectivity index (χ4n) is 5.22. The minimum atomic E-state index is -0.276. The molecule has 0 saturated carbocycles. The van der Waals surface area contributed by atoms with Crippen molar-refractivity contribution in [3.63, 3.8) is 0 Å². The first-order valence-electron chi connectivity index (χ1n) is 14.0. The molecule has 1 amide bonds. The summed E-state index contributed by atoms with van der Waals surface area (Å²) in [6.07, 6.45) is 3.65. The number of nitrogens with one attached hydrogen (secondary N) is 2. The standard InChI is InChI=1S/C31H29N7O3S/c39-31(37-10-12-40-13-11-37)41-25-15-23(32-18-25)6-8-26-16-27-29(33-20-34-30(27)42-26)36-24-7-9-28-22(14-24)17-35-38(28)19-21-4-2-1-3-5-21/h1-5,7,9,14,16-17,20,23,25,32H,10-13,15,18-19H2,(H,33,34,36). The largest absolute Gasteiger partial charge is 0.445 e. The molecule has 3 aromatic heterocycles. The zero-order chi connectivity index (χ0) is 28.3. The molecular formula is C31H29N7O3S.